The van der Waals surface area contributed by atoms with Gasteiger partial charge in [0.05, 0.1) is 12.8 Å². The predicted molar refractivity (Wildman–Crippen MR) is 86.9 cm³/mol. The number of benzene rings is 2. The first-order valence-corrected chi connectivity index (χ1v) is 7.06. The molecule has 2 aromatic rings. The molecule has 21 heavy (non-hydrogen) atoms. The molecule has 0 aliphatic carbocycles. The van der Waals surface area contributed by atoms with Crippen molar-refractivity contribution in [3.8, 4) is 5.75 Å². The Hall–Kier alpha value is -1.73. The van der Waals surface area contributed by atoms with Gasteiger partial charge in [-0.05, 0) is 58.5 Å². The second-order valence-electron chi connectivity index (χ2n) is 4.05. The first-order valence-electron chi connectivity index (χ1n) is 5.86. The fourth-order valence-corrected chi connectivity index (χ4v) is 2.34. The van der Waals surface area contributed by atoms with Crippen molar-refractivity contribution in [3.63, 3.8) is 0 Å². The summed E-state index contributed by atoms with van der Waals surface area (Å²) < 4.78 is 32.0. The Balaban J connectivity index is 2.08. The van der Waals surface area contributed by atoms with E-state index in [0.29, 0.717) is 11.4 Å². The fourth-order valence-electron chi connectivity index (χ4n) is 1.61. The standard InChI is InChI=1S/C14H11BrF2N2OS/c1-20-10-4-2-9(3-5-10)18-14(21)19-13-11(15)6-8(16)7-12(13)17/h2-7H,1H3,(H2,18,19,21). The zero-order valence-electron chi connectivity index (χ0n) is 10.9. The van der Waals surface area contributed by atoms with Gasteiger partial charge in [-0.25, -0.2) is 8.78 Å². The number of rotatable bonds is 3. The molecule has 0 spiro atoms. The van der Waals surface area contributed by atoms with Crippen LogP contribution in [0.5, 0.6) is 5.75 Å². The summed E-state index contributed by atoms with van der Waals surface area (Å²) in [6.45, 7) is 0. The predicted octanol–water partition coefficient (Wildman–Crippen LogP) is 4.54. The van der Waals surface area contributed by atoms with Crippen molar-refractivity contribution >= 4 is 44.6 Å². The summed E-state index contributed by atoms with van der Waals surface area (Å²) in [4.78, 5) is 0. The van der Waals surface area contributed by atoms with Crippen LogP contribution in [0.2, 0.25) is 0 Å². The highest BCUT2D eigenvalue weighted by molar-refractivity contribution is 9.10. The third-order valence-corrected chi connectivity index (χ3v) is 3.42. The Labute approximate surface area is 134 Å². The fraction of sp³-hybridized carbons (Fsp3) is 0.0714. The van der Waals surface area contributed by atoms with E-state index in [4.69, 9.17) is 17.0 Å². The molecule has 0 unspecified atom stereocenters. The molecule has 0 saturated heterocycles. The second-order valence-corrected chi connectivity index (χ2v) is 5.31. The molecule has 0 bridgehead atoms. The SMILES string of the molecule is COc1ccc(NC(=S)Nc2c(F)cc(F)cc2Br)cc1. The van der Waals surface area contributed by atoms with Crippen molar-refractivity contribution in [3.05, 3.63) is 52.5 Å². The number of ether oxygens (including phenoxy) is 1. The third-order valence-electron chi connectivity index (χ3n) is 2.59. The van der Waals surface area contributed by atoms with Crippen molar-refractivity contribution in [1.82, 2.24) is 0 Å². The molecule has 7 heteroatoms. The first-order chi connectivity index (χ1) is 9.99. The van der Waals surface area contributed by atoms with Crippen LogP contribution in [0, 0.1) is 11.6 Å². The van der Waals surface area contributed by atoms with Crippen LogP contribution in [0.1, 0.15) is 0 Å². The lowest BCUT2D eigenvalue weighted by Gasteiger charge is -2.13. The number of halogens is 3. The smallest absolute Gasteiger partial charge is 0.175 e. The highest BCUT2D eigenvalue weighted by atomic mass is 79.9. The van der Waals surface area contributed by atoms with Crippen molar-refractivity contribution < 1.29 is 13.5 Å². The molecule has 0 aliphatic rings. The minimum absolute atomic E-state index is 0.0717. The van der Waals surface area contributed by atoms with E-state index in [-0.39, 0.29) is 15.3 Å². The summed E-state index contributed by atoms with van der Waals surface area (Å²) in [5.74, 6) is -0.688. The van der Waals surface area contributed by atoms with Crippen LogP contribution in [0.25, 0.3) is 0 Å². The van der Waals surface area contributed by atoms with E-state index in [0.717, 1.165) is 12.1 Å². The zero-order valence-corrected chi connectivity index (χ0v) is 13.3. The van der Waals surface area contributed by atoms with Crippen molar-refractivity contribution in [2.75, 3.05) is 17.7 Å². The molecule has 2 N–H and O–H groups in total. The van der Waals surface area contributed by atoms with Crippen LogP contribution in [0.4, 0.5) is 20.2 Å². The maximum absolute atomic E-state index is 13.7. The van der Waals surface area contributed by atoms with E-state index in [2.05, 4.69) is 26.6 Å². The summed E-state index contributed by atoms with van der Waals surface area (Å²) in [7, 11) is 1.57. The van der Waals surface area contributed by atoms with E-state index in [1.807, 2.05) is 0 Å². The van der Waals surface area contributed by atoms with Crippen LogP contribution in [-0.2, 0) is 0 Å². The minimum atomic E-state index is -0.735. The molecule has 2 rings (SSSR count). The van der Waals surface area contributed by atoms with Gasteiger partial charge < -0.3 is 15.4 Å². The Bertz CT molecular complexity index is 642. The van der Waals surface area contributed by atoms with Crippen LogP contribution in [0.3, 0.4) is 0 Å². The van der Waals surface area contributed by atoms with Crippen LogP contribution < -0.4 is 15.4 Å². The molecule has 0 fully saturated rings. The van der Waals surface area contributed by atoms with Gasteiger partial charge in [-0.2, -0.15) is 0 Å². The average molecular weight is 373 g/mol. The molecule has 0 atom stereocenters. The summed E-state index contributed by atoms with van der Waals surface area (Å²) in [6.07, 6.45) is 0. The quantitative estimate of drug-likeness (QED) is 0.774. The van der Waals surface area contributed by atoms with Crippen LogP contribution in [0.15, 0.2) is 40.9 Å². The summed E-state index contributed by atoms with van der Waals surface area (Å²) in [6, 6.07) is 8.99. The van der Waals surface area contributed by atoms with Crippen molar-refractivity contribution in [2.45, 2.75) is 0 Å². The zero-order chi connectivity index (χ0) is 15.4. The number of thiocarbonyl (C=S) groups is 1. The molecule has 0 saturated carbocycles. The lowest BCUT2D eigenvalue weighted by molar-refractivity contribution is 0.415. The Kier molecular flexibility index (Phi) is 5.08. The molecule has 0 aromatic heterocycles. The number of nitrogens with one attached hydrogen (secondary N) is 2. The molecule has 0 radical (unpaired) electrons. The summed E-state index contributed by atoms with van der Waals surface area (Å²) in [5, 5.41) is 5.76. The van der Waals surface area contributed by atoms with Crippen molar-refractivity contribution in [1.29, 1.82) is 0 Å². The molecular formula is C14H11BrF2N2OS. The Morgan fingerprint density at radius 3 is 2.38 bits per heavy atom. The summed E-state index contributed by atoms with van der Waals surface area (Å²) in [5.41, 5.74) is 0.786. The van der Waals surface area contributed by atoms with Gasteiger partial charge in [0.25, 0.3) is 0 Å². The van der Waals surface area contributed by atoms with Gasteiger partial charge in [-0.3, -0.25) is 0 Å². The van der Waals surface area contributed by atoms with Gasteiger partial charge in [0.1, 0.15) is 11.6 Å². The van der Waals surface area contributed by atoms with E-state index < -0.39 is 11.6 Å². The van der Waals surface area contributed by atoms with E-state index in [9.17, 15) is 8.78 Å². The molecule has 0 aliphatic heterocycles. The van der Waals surface area contributed by atoms with Gasteiger partial charge in [0, 0.05) is 16.2 Å². The van der Waals surface area contributed by atoms with Gasteiger partial charge in [-0.15, -0.1) is 0 Å². The van der Waals surface area contributed by atoms with Crippen LogP contribution in [-0.4, -0.2) is 12.2 Å². The Morgan fingerprint density at radius 2 is 1.81 bits per heavy atom. The number of hydrogen-bond donors (Lipinski definition) is 2. The highest BCUT2D eigenvalue weighted by Crippen LogP contribution is 2.27. The Morgan fingerprint density at radius 1 is 1.14 bits per heavy atom. The topological polar surface area (TPSA) is 33.3 Å². The number of anilines is 2. The third kappa shape index (κ3) is 4.12. The summed E-state index contributed by atoms with van der Waals surface area (Å²) >= 11 is 8.18. The average Bonchev–Trinajstić information content (AvgIpc) is 2.43. The van der Waals surface area contributed by atoms with E-state index in [1.54, 1.807) is 31.4 Å². The van der Waals surface area contributed by atoms with E-state index >= 15 is 0 Å². The number of methoxy groups -OCH3 is 1. The molecule has 0 amide bonds. The molecule has 2 aromatic carbocycles. The molecule has 0 heterocycles. The van der Waals surface area contributed by atoms with Gasteiger partial charge in [0.2, 0.25) is 0 Å². The first kappa shape index (κ1) is 15.7. The molecular weight excluding hydrogens is 362 g/mol. The second kappa shape index (κ2) is 6.82. The minimum Gasteiger partial charge on any atom is -0.497 e. The van der Waals surface area contributed by atoms with E-state index in [1.165, 1.54) is 0 Å². The largest absolute Gasteiger partial charge is 0.497 e. The van der Waals surface area contributed by atoms with Crippen LogP contribution >= 0.6 is 28.1 Å². The monoisotopic (exact) mass is 372 g/mol. The lowest BCUT2D eigenvalue weighted by atomic mass is 10.3. The normalized spacial score (nSPS) is 10.1. The molecule has 110 valence electrons. The maximum Gasteiger partial charge on any atom is 0.175 e. The highest BCUT2D eigenvalue weighted by Gasteiger charge is 2.11. The number of hydrogen-bond acceptors (Lipinski definition) is 2. The lowest BCUT2D eigenvalue weighted by Crippen LogP contribution is -2.20. The van der Waals surface area contributed by atoms with Gasteiger partial charge in [-0.1, -0.05) is 0 Å². The van der Waals surface area contributed by atoms with Crippen molar-refractivity contribution in [2.24, 2.45) is 0 Å². The molecule has 3 nitrogen and oxygen atoms in total. The van der Waals surface area contributed by atoms with Gasteiger partial charge in [0.15, 0.2) is 10.9 Å². The van der Waals surface area contributed by atoms with Gasteiger partial charge >= 0.3 is 0 Å². The maximum atomic E-state index is 13.7.